The molecule has 1 aromatic heterocycles. The summed E-state index contributed by atoms with van der Waals surface area (Å²) >= 11 is 6.04. The SMILES string of the molecule is CCOC(=O)[C@@H]1CCCN(C(=O)c2ccc(Nc3c(Oc4ccc(OC)cc4)cnn(-c4ccc(Cl)cc4)c3=O)cc2)C1. The first kappa shape index (κ1) is 29.7. The van der Waals surface area contributed by atoms with Crippen molar-refractivity contribution in [2.24, 2.45) is 5.92 Å². The third kappa shape index (κ3) is 6.98. The molecule has 1 atom stereocenters. The lowest BCUT2D eigenvalue weighted by Crippen LogP contribution is -2.42. The van der Waals surface area contributed by atoms with Crippen molar-refractivity contribution < 1.29 is 23.8 Å². The molecule has 1 aliphatic rings. The van der Waals surface area contributed by atoms with Gasteiger partial charge in [-0.25, -0.2) is 0 Å². The fourth-order valence-corrected chi connectivity index (χ4v) is 4.93. The number of amides is 1. The number of anilines is 2. The molecule has 5 rings (SSSR count). The summed E-state index contributed by atoms with van der Waals surface area (Å²) in [6.45, 7) is 2.98. The first-order valence-electron chi connectivity index (χ1n) is 13.9. The average molecular weight is 603 g/mol. The first-order chi connectivity index (χ1) is 20.9. The summed E-state index contributed by atoms with van der Waals surface area (Å²) in [7, 11) is 1.57. The molecular formula is C32H31ClN4O6. The van der Waals surface area contributed by atoms with Gasteiger partial charge in [0.2, 0.25) is 0 Å². The minimum atomic E-state index is -0.452. The predicted octanol–water partition coefficient (Wildman–Crippen LogP) is 5.85. The maximum Gasteiger partial charge on any atom is 0.310 e. The van der Waals surface area contributed by atoms with Crippen LogP contribution in [0.15, 0.2) is 83.8 Å². The number of hydrogen-bond acceptors (Lipinski definition) is 8. The number of rotatable bonds is 9. The molecule has 0 bridgehead atoms. The average Bonchev–Trinajstić information content (AvgIpc) is 3.04. The van der Waals surface area contributed by atoms with E-state index in [1.165, 1.54) is 10.9 Å². The zero-order valence-electron chi connectivity index (χ0n) is 23.8. The molecule has 11 heteroatoms. The quantitative estimate of drug-likeness (QED) is 0.238. The van der Waals surface area contributed by atoms with Gasteiger partial charge in [-0.2, -0.15) is 9.78 Å². The molecule has 43 heavy (non-hydrogen) atoms. The fraction of sp³-hybridized carbons (Fsp3) is 0.250. The van der Waals surface area contributed by atoms with Gasteiger partial charge in [-0.05, 0) is 92.6 Å². The molecule has 222 valence electrons. The van der Waals surface area contributed by atoms with Crippen LogP contribution in [0.5, 0.6) is 17.2 Å². The number of methoxy groups -OCH3 is 1. The monoisotopic (exact) mass is 602 g/mol. The van der Waals surface area contributed by atoms with Crippen LogP contribution >= 0.6 is 11.6 Å². The van der Waals surface area contributed by atoms with Crippen molar-refractivity contribution in [3.8, 4) is 22.9 Å². The van der Waals surface area contributed by atoms with E-state index >= 15 is 0 Å². The first-order valence-corrected chi connectivity index (χ1v) is 14.3. The van der Waals surface area contributed by atoms with Gasteiger partial charge < -0.3 is 24.4 Å². The van der Waals surface area contributed by atoms with Gasteiger partial charge >= 0.3 is 5.97 Å². The summed E-state index contributed by atoms with van der Waals surface area (Å²) in [4.78, 5) is 40.8. The van der Waals surface area contributed by atoms with Gasteiger partial charge in [-0.3, -0.25) is 14.4 Å². The minimum Gasteiger partial charge on any atom is -0.497 e. The molecule has 0 aliphatic carbocycles. The van der Waals surface area contributed by atoms with Gasteiger partial charge in [0, 0.05) is 29.4 Å². The highest BCUT2D eigenvalue weighted by Gasteiger charge is 2.29. The predicted molar refractivity (Wildman–Crippen MR) is 163 cm³/mol. The van der Waals surface area contributed by atoms with Crippen molar-refractivity contribution >= 4 is 34.9 Å². The van der Waals surface area contributed by atoms with Crippen molar-refractivity contribution in [2.45, 2.75) is 19.8 Å². The van der Waals surface area contributed by atoms with Crippen LogP contribution in [-0.2, 0) is 9.53 Å². The van der Waals surface area contributed by atoms with E-state index in [0.29, 0.717) is 59.6 Å². The van der Waals surface area contributed by atoms with E-state index in [1.54, 1.807) is 91.7 Å². The van der Waals surface area contributed by atoms with E-state index in [4.69, 9.17) is 25.8 Å². The van der Waals surface area contributed by atoms with Crippen LogP contribution in [0.25, 0.3) is 5.69 Å². The van der Waals surface area contributed by atoms with Crippen LogP contribution < -0.4 is 20.3 Å². The van der Waals surface area contributed by atoms with E-state index in [2.05, 4.69) is 10.4 Å². The van der Waals surface area contributed by atoms with Gasteiger partial charge in [-0.15, -0.1) is 0 Å². The molecule has 1 aliphatic heterocycles. The van der Waals surface area contributed by atoms with E-state index in [0.717, 1.165) is 6.42 Å². The largest absolute Gasteiger partial charge is 0.497 e. The number of likely N-dealkylation sites (tertiary alicyclic amines) is 1. The molecule has 0 radical (unpaired) electrons. The third-order valence-electron chi connectivity index (χ3n) is 7.03. The highest BCUT2D eigenvalue weighted by molar-refractivity contribution is 6.30. The number of esters is 1. The van der Waals surface area contributed by atoms with Gasteiger partial charge in [0.1, 0.15) is 11.5 Å². The Balaban J connectivity index is 1.40. The minimum absolute atomic E-state index is 0.146. The normalized spacial score (nSPS) is 14.6. The van der Waals surface area contributed by atoms with Crippen molar-refractivity contribution in [3.63, 3.8) is 0 Å². The van der Waals surface area contributed by atoms with Crippen molar-refractivity contribution in [2.75, 3.05) is 32.1 Å². The molecule has 0 spiro atoms. The standard InChI is InChI=1S/C32H31ClN4O6/c1-3-42-32(40)22-5-4-18-36(20-22)30(38)21-6-10-24(11-7-21)35-29-28(43-27-16-14-26(41-2)15-17-27)19-34-37(31(29)39)25-12-8-23(33)9-13-25/h6-17,19,22,35H,3-5,18,20H2,1-2H3/t22-/m1/s1. The second-order valence-corrected chi connectivity index (χ2v) is 10.3. The van der Waals surface area contributed by atoms with Gasteiger partial charge in [-0.1, -0.05) is 11.6 Å². The third-order valence-corrected chi connectivity index (χ3v) is 7.28. The summed E-state index contributed by atoms with van der Waals surface area (Å²) in [5.74, 6) is 0.596. The number of hydrogen-bond donors (Lipinski definition) is 1. The number of nitrogens with one attached hydrogen (secondary N) is 1. The van der Waals surface area contributed by atoms with Crippen LogP contribution in [0.4, 0.5) is 11.4 Å². The van der Waals surface area contributed by atoms with E-state index < -0.39 is 5.56 Å². The van der Waals surface area contributed by atoms with Crippen LogP contribution in [0.1, 0.15) is 30.1 Å². The highest BCUT2D eigenvalue weighted by Crippen LogP contribution is 2.30. The smallest absolute Gasteiger partial charge is 0.310 e. The van der Waals surface area contributed by atoms with E-state index in [-0.39, 0.29) is 29.2 Å². The van der Waals surface area contributed by atoms with Crippen LogP contribution in [0, 0.1) is 5.92 Å². The van der Waals surface area contributed by atoms with Crippen molar-refractivity contribution in [1.29, 1.82) is 0 Å². The molecular weight excluding hydrogens is 572 g/mol. The maximum absolute atomic E-state index is 13.7. The summed E-state index contributed by atoms with van der Waals surface area (Å²) < 4.78 is 17.7. The number of carbonyl (C=O) groups excluding carboxylic acids is 2. The Morgan fingerprint density at radius 3 is 2.37 bits per heavy atom. The van der Waals surface area contributed by atoms with E-state index in [9.17, 15) is 14.4 Å². The van der Waals surface area contributed by atoms with Gasteiger partial charge in [0.15, 0.2) is 11.4 Å². The second kappa shape index (κ2) is 13.4. The van der Waals surface area contributed by atoms with Gasteiger partial charge in [0.05, 0.1) is 31.5 Å². The Labute approximate surface area is 253 Å². The maximum atomic E-state index is 13.7. The second-order valence-electron chi connectivity index (χ2n) is 9.90. The molecule has 10 nitrogen and oxygen atoms in total. The molecule has 3 aromatic carbocycles. The summed E-state index contributed by atoms with van der Waals surface area (Å²) in [6, 6.07) is 20.5. The summed E-state index contributed by atoms with van der Waals surface area (Å²) in [6.07, 6.45) is 2.89. The lowest BCUT2D eigenvalue weighted by molar-refractivity contribution is -0.149. The Hall–Kier alpha value is -4.83. The van der Waals surface area contributed by atoms with Crippen LogP contribution in [-0.4, -0.2) is 53.4 Å². The van der Waals surface area contributed by atoms with Crippen LogP contribution in [0.3, 0.4) is 0 Å². The molecule has 1 amide bonds. The molecule has 1 fully saturated rings. The lowest BCUT2D eigenvalue weighted by Gasteiger charge is -2.31. The highest BCUT2D eigenvalue weighted by atomic mass is 35.5. The lowest BCUT2D eigenvalue weighted by atomic mass is 9.97. The molecule has 4 aromatic rings. The topological polar surface area (TPSA) is 112 Å². The number of aromatic nitrogens is 2. The Morgan fingerprint density at radius 1 is 1.00 bits per heavy atom. The molecule has 1 N–H and O–H groups in total. The van der Waals surface area contributed by atoms with Gasteiger partial charge in [0.25, 0.3) is 11.5 Å². The van der Waals surface area contributed by atoms with Crippen LogP contribution in [0.2, 0.25) is 5.02 Å². The number of piperidine rings is 1. The molecule has 0 saturated carbocycles. The fourth-order valence-electron chi connectivity index (χ4n) is 4.81. The zero-order chi connectivity index (χ0) is 30.3. The number of ether oxygens (including phenoxy) is 3. The van der Waals surface area contributed by atoms with Crippen molar-refractivity contribution in [1.82, 2.24) is 14.7 Å². The summed E-state index contributed by atoms with van der Waals surface area (Å²) in [5.41, 5.74) is 1.25. The number of carbonyl (C=O) groups is 2. The zero-order valence-corrected chi connectivity index (χ0v) is 24.5. The van der Waals surface area contributed by atoms with E-state index in [1.807, 2.05) is 0 Å². The summed E-state index contributed by atoms with van der Waals surface area (Å²) in [5, 5.41) is 8.00. The molecule has 1 saturated heterocycles. The molecule has 2 heterocycles. The number of benzene rings is 3. The Morgan fingerprint density at radius 2 is 1.70 bits per heavy atom. The Kier molecular flexibility index (Phi) is 9.26. The number of halogens is 1. The van der Waals surface area contributed by atoms with Crippen molar-refractivity contribution in [3.05, 3.63) is 99.9 Å². The molecule has 0 unspecified atom stereocenters. The number of nitrogens with zero attached hydrogens (tertiary/aromatic N) is 3. The Bertz CT molecular complexity index is 1640.